The van der Waals surface area contributed by atoms with Crippen LogP contribution in [0.2, 0.25) is 0 Å². The Kier molecular flexibility index (Phi) is 6.36. The van der Waals surface area contributed by atoms with Crippen LogP contribution in [0.1, 0.15) is 19.4 Å². The molecule has 0 bridgehead atoms. The molecule has 0 unspecified atom stereocenters. The number of halogens is 1. The molecule has 2 aromatic carbocycles. The first-order valence-corrected chi connectivity index (χ1v) is 10.7. The Morgan fingerprint density at radius 1 is 1.23 bits per heavy atom. The summed E-state index contributed by atoms with van der Waals surface area (Å²) in [6, 6.07) is 12.3. The van der Waals surface area contributed by atoms with Gasteiger partial charge in [0.25, 0.3) is 5.91 Å². The van der Waals surface area contributed by atoms with Crippen LogP contribution in [0.4, 0.5) is 10.1 Å². The third-order valence-electron chi connectivity index (χ3n) is 5.81. The van der Waals surface area contributed by atoms with E-state index < -0.39 is 12.0 Å². The van der Waals surface area contributed by atoms with Crippen molar-refractivity contribution in [3.05, 3.63) is 53.8 Å². The number of rotatable bonds is 5. The van der Waals surface area contributed by atoms with Crippen LogP contribution in [0.15, 0.2) is 47.6 Å². The number of ether oxygens (including phenoxy) is 2. The summed E-state index contributed by atoms with van der Waals surface area (Å²) in [6.07, 6.45) is -0.797. The van der Waals surface area contributed by atoms with Crippen molar-refractivity contribution in [2.75, 3.05) is 44.2 Å². The zero-order valence-corrected chi connectivity index (χ0v) is 17.9. The lowest BCUT2D eigenvalue weighted by molar-refractivity contribution is -0.898. The number of nitrogens with one attached hydrogen (secondary N) is 2. The first kappa shape index (κ1) is 21.1. The Bertz CT molecular complexity index is 973. The monoisotopic (exact) mass is 427 g/mol. The zero-order chi connectivity index (χ0) is 21.8. The van der Waals surface area contributed by atoms with Crippen LogP contribution in [0.25, 0.3) is 0 Å². The Labute approximate surface area is 181 Å². The van der Waals surface area contributed by atoms with E-state index in [1.165, 1.54) is 6.07 Å². The predicted octanol–water partition coefficient (Wildman–Crippen LogP) is 1.23. The van der Waals surface area contributed by atoms with Crippen LogP contribution in [0.3, 0.4) is 0 Å². The van der Waals surface area contributed by atoms with E-state index in [4.69, 9.17) is 9.47 Å². The van der Waals surface area contributed by atoms with Gasteiger partial charge in [0.15, 0.2) is 11.5 Å². The van der Waals surface area contributed by atoms with E-state index in [-0.39, 0.29) is 12.4 Å². The molecule has 0 radical (unpaired) electrons. The molecule has 164 valence electrons. The molecule has 2 aliphatic heterocycles. The molecule has 8 heteroatoms. The van der Waals surface area contributed by atoms with Gasteiger partial charge in [-0.15, -0.1) is 0 Å². The first-order chi connectivity index (χ1) is 15.0. The number of para-hydroxylation sites is 2. The van der Waals surface area contributed by atoms with Crippen molar-refractivity contribution in [2.45, 2.75) is 20.0 Å². The summed E-state index contributed by atoms with van der Waals surface area (Å²) >= 11 is 0. The van der Waals surface area contributed by atoms with Crippen molar-refractivity contribution in [1.29, 1.82) is 0 Å². The highest BCUT2D eigenvalue weighted by Gasteiger charge is 2.27. The van der Waals surface area contributed by atoms with E-state index in [1.807, 2.05) is 18.2 Å². The molecular weight excluding hydrogens is 399 g/mol. The normalized spacial score (nSPS) is 19.3. The van der Waals surface area contributed by atoms with Gasteiger partial charge in [-0.05, 0) is 38.1 Å². The summed E-state index contributed by atoms with van der Waals surface area (Å²) in [6.45, 7) is 8.82. The van der Waals surface area contributed by atoms with Crippen molar-refractivity contribution >= 4 is 17.3 Å². The van der Waals surface area contributed by atoms with Crippen molar-refractivity contribution in [3.63, 3.8) is 0 Å². The number of hydrogen-bond acceptors (Lipinski definition) is 5. The third-order valence-corrected chi connectivity index (χ3v) is 5.81. The van der Waals surface area contributed by atoms with Gasteiger partial charge in [0.05, 0.1) is 44.1 Å². The lowest BCUT2D eigenvalue weighted by atomic mass is 10.1. The van der Waals surface area contributed by atoms with Crippen LogP contribution in [-0.4, -0.2) is 57.1 Å². The van der Waals surface area contributed by atoms with Gasteiger partial charge < -0.3 is 19.3 Å². The molecule has 1 fully saturated rings. The van der Waals surface area contributed by atoms with Gasteiger partial charge in [-0.25, -0.2) is 9.82 Å². The highest BCUT2D eigenvalue weighted by atomic mass is 19.1. The average Bonchev–Trinajstić information content (AvgIpc) is 2.82. The summed E-state index contributed by atoms with van der Waals surface area (Å²) in [7, 11) is 0. The molecule has 2 N–H and O–H groups in total. The van der Waals surface area contributed by atoms with Gasteiger partial charge >= 0.3 is 0 Å². The smallest absolute Gasteiger partial charge is 0.284 e. The number of carbonyl (C=O) groups is 1. The maximum atomic E-state index is 14.8. The zero-order valence-electron chi connectivity index (χ0n) is 17.9. The second-order valence-electron chi connectivity index (χ2n) is 7.79. The fourth-order valence-corrected chi connectivity index (χ4v) is 3.83. The predicted molar refractivity (Wildman–Crippen MR) is 117 cm³/mol. The molecule has 1 amide bonds. The van der Waals surface area contributed by atoms with E-state index in [0.717, 1.165) is 32.7 Å². The molecule has 31 heavy (non-hydrogen) atoms. The number of nitrogens with zero attached hydrogens (tertiary/aromatic N) is 2. The summed E-state index contributed by atoms with van der Waals surface area (Å²) in [5, 5.41) is 4.13. The van der Waals surface area contributed by atoms with E-state index in [9.17, 15) is 9.18 Å². The quantitative estimate of drug-likeness (QED) is 0.557. The Morgan fingerprint density at radius 3 is 2.68 bits per heavy atom. The second-order valence-corrected chi connectivity index (χ2v) is 7.79. The van der Waals surface area contributed by atoms with E-state index in [2.05, 4.69) is 22.4 Å². The minimum absolute atomic E-state index is 0.105. The molecule has 2 aromatic rings. The molecule has 0 aliphatic carbocycles. The Hall–Kier alpha value is -3.13. The molecule has 2 heterocycles. The number of hydrogen-bond donors (Lipinski definition) is 2. The third kappa shape index (κ3) is 4.80. The number of anilines is 1. The fourth-order valence-electron chi connectivity index (χ4n) is 3.83. The van der Waals surface area contributed by atoms with Gasteiger partial charge in [-0.1, -0.05) is 18.2 Å². The van der Waals surface area contributed by atoms with Gasteiger partial charge in [-0.2, -0.15) is 5.10 Å². The second kappa shape index (κ2) is 9.34. The van der Waals surface area contributed by atoms with E-state index in [1.54, 1.807) is 30.0 Å². The fraction of sp³-hybridized carbons (Fsp3) is 0.391. The number of amides is 1. The average molecular weight is 428 g/mol. The van der Waals surface area contributed by atoms with E-state index >= 15 is 0 Å². The van der Waals surface area contributed by atoms with Gasteiger partial charge in [0, 0.05) is 5.56 Å². The number of carbonyl (C=O) groups excluding carboxylic acids is 1. The van der Waals surface area contributed by atoms with Crippen molar-refractivity contribution in [3.8, 4) is 11.5 Å². The van der Waals surface area contributed by atoms with E-state index in [0.29, 0.717) is 28.5 Å². The number of benzene rings is 2. The molecular formula is C23H28FN4O3+. The van der Waals surface area contributed by atoms with Crippen LogP contribution >= 0.6 is 0 Å². The lowest BCUT2D eigenvalue weighted by Gasteiger charge is -2.33. The topological polar surface area (TPSA) is 67.6 Å². The number of piperazine rings is 1. The van der Waals surface area contributed by atoms with Crippen molar-refractivity contribution in [1.82, 2.24) is 5.43 Å². The van der Waals surface area contributed by atoms with Gasteiger partial charge in [0.2, 0.25) is 6.10 Å². The van der Waals surface area contributed by atoms with Gasteiger partial charge in [-0.3, -0.25) is 4.79 Å². The van der Waals surface area contributed by atoms with Crippen LogP contribution in [0.5, 0.6) is 11.5 Å². The summed E-state index contributed by atoms with van der Waals surface area (Å²) in [4.78, 5) is 16.0. The SMILES string of the molecule is CC[NH+]1CCN(c2ccc(/C(C)=N\NC(=O)[C@H]3COc4ccccc4O3)cc2F)CC1. The Balaban J connectivity index is 1.37. The van der Waals surface area contributed by atoms with Crippen molar-refractivity contribution < 1.29 is 23.6 Å². The molecule has 0 saturated carbocycles. The molecule has 7 nitrogen and oxygen atoms in total. The lowest BCUT2D eigenvalue weighted by Crippen LogP contribution is -3.14. The minimum Gasteiger partial charge on any atom is -0.485 e. The van der Waals surface area contributed by atoms with Crippen LogP contribution in [-0.2, 0) is 4.79 Å². The number of fused-ring (bicyclic) bond motifs is 1. The summed E-state index contributed by atoms with van der Waals surface area (Å²) in [5.41, 5.74) is 4.24. The first-order valence-electron chi connectivity index (χ1n) is 10.7. The minimum atomic E-state index is -0.797. The number of likely N-dealkylation sites (N-methyl/N-ethyl adjacent to an activating group) is 1. The molecule has 0 aromatic heterocycles. The van der Waals surface area contributed by atoms with Crippen molar-refractivity contribution in [2.24, 2.45) is 5.10 Å². The number of hydrazone groups is 1. The maximum absolute atomic E-state index is 14.8. The molecule has 1 saturated heterocycles. The van der Waals surface area contributed by atoms with Crippen LogP contribution < -0.4 is 24.7 Å². The van der Waals surface area contributed by atoms with Gasteiger partial charge in [0.1, 0.15) is 12.4 Å². The standard InChI is InChI=1S/C23H27FN4O3/c1-3-27-10-12-28(13-11-27)19-9-8-17(14-18(19)24)16(2)25-26-23(29)22-15-30-20-6-4-5-7-21(20)31-22/h4-9,14,22H,3,10-13,15H2,1-2H3,(H,26,29)/p+1/b25-16-/t22-/m1/s1. The highest BCUT2D eigenvalue weighted by molar-refractivity contribution is 5.99. The largest absolute Gasteiger partial charge is 0.485 e. The maximum Gasteiger partial charge on any atom is 0.284 e. The molecule has 0 spiro atoms. The van der Waals surface area contributed by atoms with Crippen LogP contribution in [0, 0.1) is 5.82 Å². The highest BCUT2D eigenvalue weighted by Crippen LogP contribution is 2.30. The molecule has 4 rings (SSSR count). The summed E-state index contributed by atoms with van der Waals surface area (Å²) in [5.74, 6) is 0.439. The molecule has 2 aliphatic rings. The summed E-state index contributed by atoms with van der Waals surface area (Å²) < 4.78 is 26.0. The number of quaternary nitrogens is 1. The Morgan fingerprint density at radius 2 is 1.97 bits per heavy atom. The molecule has 1 atom stereocenters.